The lowest BCUT2D eigenvalue weighted by Gasteiger charge is -2.17. The number of hydrogen-bond acceptors (Lipinski definition) is 0. The predicted octanol–water partition coefficient (Wildman–Crippen LogP) is 4.48. The van der Waals surface area contributed by atoms with Gasteiger partial charge in [-0.2, -0.15) is 0 Å². The third-order valence-electron chi connectivity index (χ3n) is 3.43. The largest absolute Gasteiger partial charge is 0.0616 e. The Kier molecular flexibility index (Phi) is 1.39. The summed E-state index contributed by atoms with van der Waals surface area (Å²) in [6.45, 7) is 0. The Labute approximate surface area is 93.8 Å². The van der Waals surface area contributed by atoms with Gasteiger partial charge in [0.05, 0.1) is 0 Å². The summed E-state index contributed by atoms with van der Waals surface area (Å²) in [7, 11) is 0. The van der Waals surface area contributed by atoms with Crippen LogP contribution in [0.15, 0.2) is 48.5 Å². The molecule has 0 radical (unpaired) electrons. The third-order valence-corrected chi connectivity index (χ3v) is 3.43. The summed E-state index contributed by atoms with van der Waals surface area (Å²) < 4.78 is 0. The van der Waals surface area contributed by atoms with Crippen LogP contribution in [0.3, 0.4) is 0 Å². The number of fused-ring (bicyclic) bond motifs is 6. The SMILES string of the molecule is C1=Cc2c1c1ccccc1c1ccccc21. The Morgan fingerprint density at radius 2 is 0.812 bits per heavy atom. The van der Waals surface area contributed by atoms with Crippen LogP contribution in [-0.2, 0) is 0 Å². The zero-order chi connectivity index (χ0) is 10.5. The second-order valence-corrected chi connectivity index (χ2v) is 4.25. The van der Waals surface area contributed by atoms with Crippen LogP contribution in [0.2, 0.25) is 0 Å². The highest BCUT2D eigenvalue weighted by atomic mass is 14.2. The van der Waals surface area contributed by atoms with Gasteiger partial charge in [-0.3, -0.25) is 0 Å². The highest BCUT2D eigenvalue weighted by Gasteiger charge is 2.14. The molecule has 0 heterocycles. The fourth-order valence-electron chi connectivity index (χ4n) is 2.63. The van der Waals surface area contributed by atoms with Crippen LogP contribution in [0, 0.1) is 0 Å². The van der Waals surface area contributed by atoms with E-state index in [4.69, 9.17) is 0 Å². The molecule has 0 amide bonds. The minimum absolute atomic E-state index is 1.36. The van der Waals surface area contributed by atoms with Gasteiger partial charge in [-0.05, 0) is 32.7 Å². The summed E-state index contributed by atoms with van der Waals surface area (Å²) in [5.74, 6) is 0. The van der Waals surface area contributed by atoms with E-state index in [0.29, 0.717) is 0 Å². The van der Waals surface area contributed by atoms with Gasteiger partial charge in [0, 0.05) is 0 Å². The average Bonchev–Trinajstić information content (AvgIpc) is 2.29. The molecule has 0 saturated heterocycles. The lowest BCUT2D eigenvalue weighted by Crippen LogP contribution is -1.93. The zero-order valence-corrected chi connectivity index (χ0v) is 8.77. The molecule has 4 rings (SSSR count). The Hall–Kier alpha value is -2.08. The monoisotopic (exact) mass is 202 g/mol. The van der Waals surface area contributed by atoms with Gasteiger partial charge < -0.3 is 0 Å². The van der Waals surface area contributed by atoms with Crippen molar-refractivity contribution < 1.29 is 0 Å². The molecular weight excluding hydrogens is 192 g/mol. The van der Waals surface area contributed by atoms with E-state index in [2.05, 4.69) is 60.7 Å². The molecule has 0 fully saturated rings. The van der Waals surface area contributed by atoms with Crippen LogP contribution < -0.4 is 0 Å². The molecule has 0 bridgehead atoms. The first-order valence-electron chi connectivity index (χ1n) is 5.57. The number of benzene rings is 3. The van der Waals surface area contributed by atoms with Gasteiger partial charge in [0.2, 0.25) is 0 Å². The van der Waals surface area contributed by atoms with Crippen molar-refractivity contribution in [2.45, 2.75) is 0 Å². The van der Waals surface area contributed by atoms with Crippen LogP contribution in [0.4, 0.5) is 0 Å². The minimum Gasteiger partial charge on any atom is -0.0616 e. The molecule has 3 aromatic rings. The van der Waals surface area contributed by atoms with E-state index >= 15 is 0 Å². The maximum absolute atomic E-state index is 2.21. The van der Waals surface area contributed by atoms with E-state index in [0.717, 1.165) is 0 Å². The third kappa shape index (κ3) is 0.849. The molecule has 0 N–H and O–H groups in total. The summed E-state index contributed by atoms with van der Waals surface area (Å²) in [6, 6.07) is 17.3. The van der Waals surface area contributed by atoms with E-state index < -0.39 is 0 Å². The second-order valence-electron chi connectivity index (χ2n) is 4.25. The number of rotatable bonds is 0. The Morgan fingerprint density at radius 3 is 1.19 bits per heavy atom. The van der Waals surface area contributed by atoms with Gasteiger partial charge >= 0.3 is 0 Å². The Balaban J connectivity index is 2.39. The van der Waals surface area contributed by atoms with E-state index in [1.54, 1.807) is 0 Å². The van der Waals surface area contributed by atoms with Crippen molar-refractivity contribution in [3.63, 3.8) is 0 Å². The van der Waals surface area contributed by atoms with Crippen molar-refractivity contribution in [2.75, 3.05) is 0 Å². The first-order chi connectivity index (χ1) is 7.95. The fourth-order valence-corrected chi connectivity index (χ4v) is 2.63. The lowest BCUT2D eigenvalue weighted by atomic mass is 9.86. The summed E-state index contributed by atoms with van der Waals surface area (Å²) in [6.07, 6.45) is 4.42. The lowest BCUT2D eigenvalue weighted by molar-refractivity contribution is 1.68. The van der Waals surface area contributed by atoms with Crippen molar-refractivity contribution in [3.05, 3.63) is 59.7 Å². The van der Waals surface area contributed by atoms with Gasteiger partial charge in [-0.15, -0.1) is 0 Å². The van der Waals surface area contributed by atoms with Gasteiger partial charge in [0.15, 0.2) is 0 Å². The maximum Gasteiger partial charge on any atom is -0.00987 e. The van der Waals surface area contributed by atoms with Gasteiger partial charge in [0.1, 0.15) is 0 Å². The molecular formula is C16H10. The van der Waals surface area contributed by atoms with E-state index in [-0.39, 0.29) is 0 Å². The topological polar surface area (TPSA) is 0 Å². The average molecular weight is 202 g/mol. The van der Waals surface area contributed by atoms with Crippen molar-refractivity contribution in [2.24, 2.45) is 0 Å². The smallest absolute Gasteiger partial charge is 0.00987 e. The summed E-state index contributed by atoms with van der Waals surface area (Å²) >= 11 is 0. The molecule has 0 saturated carbocycles. The van der Waals surface area contributed by atoms with Crippen molar-refractivity contribution in [1.29, 1.82) is 0 Å². The number of hydrogen-bond donors (Lipinski definition) is 0. The Bertz CT molecular complexity index is 684. The molecule has 0 aliphatic heterocycles. The van der Waals surface area contributed by atoms with Crippen molar-refractivity contribution in [1.82, 2.24) is 0 Å². The van der Waals surface area contributed by atoms with Crippen LogP contribution in [0.1, 0.15) is 11.1 Å². The predicted molar refractivity (Wildman–Crippen MR) is 70.4 cm³/mol. The van der Waals surface area contributed by atoms with Gasteiger partial charge in [-0.1, -0.05) is 60.7 Å². The minimum atomic E-state index is 1.36. The molecule has 0 heteroatoms. The molecule has 16 heavy (non-hydrogen) atoms. The summed E-state index contributed by atoms with van der Waals surface area (Å²) in [5, 5.41) is 5.47. The van der Waals surface area contributed by atoms with Gasteiger partial charge in [0.25, 0.3) is 0 Å². The molecule has 1 aliphatic carbocycles. The van der Waals surface area contributed by atoms with Crippen LogP contribution >= 0.6 is 0 Å². The molecule has 0 nitrogen and oxygen atoms in total. The fraction of sp³-hybridized carbons (Fsp3) is 0. The molecule has 0 aromatic heterocycles. The van der Waals surface area contributed by atoms with E-state index in [1.807, 2.05) is 0 Å². The zero-order valence-electron chi connectivity index (χ0n) is 8.77. The molecule has 0 atom stereocenters. The normalized spacial score (nSPS) is 12.8. The first kappa shape index (κ1) is 8.12. The second kappa shape index (κ2) is 2.73. The first-order valence-corrected chi connectivity index (χ1v) is 5.57. The summed E-state index contributed by atoms with van der Waals surface area (Å²) in [5.41, 5.74) is 2.80. The highest BCUT2D eigenvalue weighted by molar-refractivity contribution is 6.18. The quantitative estimate of drug-likeness (QED) is 0.369. The van der Waals surface area contributed by atoms with Crippen LogP contribution in [0.5, 0.6) is 0 Å². The molecule has 3 aromatic carbocycles. The van der Waals surface area contributed by atoms with E-state index in [9.17, 15) is 0 Å². The molecule has 1 aliphatic rings. The van der Waals surface area contributed by atoms with Gasteiger partial charge in [-0.25, -0.2) is 0 Å². The Morgan fingerprint density at radius 1 is 0.438 bits per heavy atom. The highest BCUT2D eigenvalue weighted by Crippen LogP contribution is 2.38. The van der Waals surface area contributed by atoms with E-state index in [1.165, 1.54) is 32.7 Å². The van der Waals surface area contributed by atoms with Crippen LogP contribution in [0.25, 0.3) is 33.7 Å². The summed E-state index contributed by atoms with van der Waals surface area (Å²) in [4.78, 5) is 0. The molecule has 0 spiro atoms. The van der Waals surface area contributed by atoms with Crippen molar-refractivity contribution >= 4 is 33.7 Å². The van der Waals surface area contributed by atoms with Crippen molar-refractivity contribution in [3.8, 4) is 0 Å². The maximum atomic E-state index is 2.21. The standard InChI is InChI=1S/C16H10/c1-3-7-13-11(5-1)12-6-2-4-8-14(12)16-10-9-15(13)16/h1-10H. The molecule has 0 unspecified atom stereocenters. The van der Waals surface area contributed by atoms with Crippen LogP contribution in [-0.4, -0.2) is 0 Å². The molecule has 74 valence electrons.